The number of hydrogen-bond donors (Lipinski definition) is 0. The van der Waals surface area contributed by atoms with Gasteiger partial charge in [0.15, 0.2) is 5.69 Å². The van der Waals surface area contributed by atoms with Gasteiger partial charge in [-0.15, -0.1) is 0 Å². The van der Waals surface area contributed by atoms with E-state index in [1.165, 1.54) is 4.68 Å². The topological polar surface area (TPSA) is 30.2 Å². The number of allylic oxidation sites excluding steroid dienone is 1. The Bertz CT molecular complexity index is 484. The molecule has 1 aromatic rings. The summed E-state index contributed by atoms with van der Waals surface area (Å²) < 4.78 is 39.6. The third-order valence-corrected chi connectivity index (χ3v) is 2.82. The molecule has 0 bridgehead atoms. The minimum atomic E-state index is -4.44. The lowest BCUT2D eigenvalue weighted by Crippen LogP contribution is -2.14. The molecule has 0 spiro atoms. The van der Waals surface area contributed by atoms with Crippen LogP contribution in [0.15, 0.2) is 23.3 Å². The maximum atomic E-state index is 12.7. The van der Waals surface area contributed by atoms with Crippen molar-refractivity contribution in [2.75, 3.05) is 0 Å². The van der Waals surface area contributed by atoms with Crippen LogP contribution < -0.4 is 0 Å². The van der Waals surface area contributed by atoms with Crippen molar-refractivity contribution < 1.29 is 13.2 Å². The molecule has 1 unspecified atom stereocenters. The molecule has 19 heavy (non-hydrogen) atoms. The molecule has 1 atom stereocenters. The number of alkyl halides is 3. The molecule has 0 saturated carbocycles. The van der Waals surface area contributed by atoms with Gasteiger partial charge in [0.05, 0.1) is 11.4 Å². The molecular formula is C13H18F3N3. The predicted molar refractivity (Wildman–Crippen MR) is 69.3 cm³/mol. The van der Waals surface area contributed by atoms with Crippen molar-refractivity contribution in [2.24, 2.45) is 4.99 Å². The van der Waals surface area contributed by atoms with E-state index in [1.807, 2.05) is 13.8 Å². The summed E-state index contributed by atoms with van der Waals surface area (Å²) in [6.45, 7) is 7.21. The van der Waals surface area contributed by atoms with E-state index in [-0.39, 0.29) is 6.04 Å². The number of aliphatic imine (C=N–C) groups is 1. The lowest BCUT2D eigenvalue weighted by molar-refractivity contribution is -0.141. The van der Waals surface area contributed by atoms with Crippen LogP contribution in [0.4, 0.5) is 13.2 Å². The van der Waals surface area contributed by atoms with Crippen LogP contribution in [0.1, 0.15) is 51.5 Å². The summed E-state index contributed by atoms with van der Waals surface area (Å²) in [6, 6.07) is 0.941. The first kappa shape index (κ1) is 15.5. The molecule has 0 N–H and O–H groups in total. The quantitative estimate of drug-likeness (QED) is 0.755. The first-order chi connectivity index (χ1) is 8.81. The Morgan fingerprint density at radius 3 is 2.63 bits per heavy atom. The summed E-state index contributed by atoms with van der Waals surface area (Å²) in [6.07, 6.45) is -0.466. The van der Waals surface area contributed by atoms with Crippen LogP contribution >= 0.6 is 0 Å². The van der Waals surface area contributed by atoms with Gasteiger partial charge in [0.2, 0.25) is 0 Å². The summed E-state index contributed by atoms with van der Waals surface area (Å²) in [7, 11) is 0. The van der Waals surface area contributed by atoms with E-state index >= 15 is 0 Å². The molecule has 0 saturated heterocycles. The van der Waals surface area contributed by atoms with Crippen molar-refractivity contribution in [3.63, 3.8) is 0 Å². The van der Waals surface area contributed by atoms with Crippen LogP contribution in [0, 0.1) is 0 Å². The van der Waals surface area contributed by atoms with Gasteiger partial charge < -0.3 is 0 Å². The molecule has 0 amide bonds. The van der Waals surface area contributed by atoms with E-state index in [9.17, 15) is 13.2 Å². The smallest absolute Gasteiger partial charge is 0.260 e. The van der Waals surface area contributed by atoms with Crippen molar-refractivity contribution in [3.8, 4) is 0 Å². The van der Waals surface area contributed by atoms with Gasteiger partial charge in [0.1, 0.15) is 0 Å². The number of hydrogen-bond acceptors (Lipinski definition) is 2. The first-order valence-electron chi connectivity index (χ1n) is 6.13. The highest BCUT2D eigenvalue weighted by Crippen LogP contribution is 2.30. The average Bonchev–Trinajstić information content (AvgIpc) is 2.79. The summed E-state index contributed by atoms with van der Waals surface area (Å²) in [5.41, 5.74) is 0.0407. The standard InChI is InChI=1S/C13H18F3N3/c1-5-7-17-10(4)11-8-12(13(14,15)16)18-19(11)9(3)6-2/h5,7-9H,6H2,1-4H3/b7-5-,17-10+. The molecule has 0 aromatic carbocycles. The van der Waals surface area contributed by atoms with Crippen LogP contribution in [-0.2, 0) is 6.18 Å². The largest absolute Gasteiger partial charge is 0.435 e. The Balaban J connectivity index is 3.32. The van der Waals surface area contributed by atoms with Gasteiger partial charge in [-0.05, 0) is 33.3 Å². The minimum Gasteiger partial charge on any atom is -0.260 e. The molecule has 1 heterocycles. The van der Waals surface area contributed by atoms with Gasteiger partial charge in [0.25, 0.3) is 0 Å². The molecule has 0 aliphatic heterocycles. The second-order valence-corrected chi connectivity index (χ2v) is 4.31. The highest BCUT2D eigenvalue weighted by molar-refractivity contribution is 5.97. The van der Waals surface area contributed by atoms with E-state index < -0.39 is 11.9 Å². The van der Waals surface area contributed by atoms with Crippen LogP contribution in [-0.4, -0.2) is 15.5 Å². The summed E-state index contributed by atoms with van der Waals surface area (Å²) in [5.74, 6) is 0. The molecule has 106 valence electrons. The summed E-state index contributed by atoms with van der Waals surface area (Å²) in [4.78, 5) is 4.09. The second-order valence-electron chi connectivity index (χ2n) is 4.31. The Labute approximate surface area is 110 Å². The lowest BCUT2D eigenvalue weighted by atomic mass is 10.2. The zero-order valence-corrected chi connectivity index (χ0v) is 11.5. The molecular weight excluding hydrogens is 255 g/mol. The van der Waals surface area contributed by atoms with Gasteiger partial charge in [-0.3, -0.25) is 9.67 Å². The average molecular weight is 273 g/mol. The minimum absolute atomic E-state index is 0.109. The fourth-order valence-corrected chi connectivity index (χ4v) is 1.56. The predicted octanol–water partition coefficient (Wildman–Crippen LogP) is 4.22. The normalized spacial score (nSPS) is 15.2. The van der Waals surface area contributed by atoms with E-state index in [0.29, 0.717) is 17.8 Å². The molecule has 6 heteroatoms. The number of rotatable bonds is 4. The van der Waals surface area contributed by atoms with Gasteiger partial charge in [-0.25, -0.2) is 0 Å². The van der Waals surface area contributed by atoms with E-state index in [1.54, 1.807) is 26.1 Å². The molecule has 0 aliphatic carbocycles. The first-order valence-corrected chi connectivity index (χ1v) is 6.13. The third kappa shape index (κ3) is 3.68. The monoisotopic (exact) mass is 273 g/mol. The van der Waals surface area contributed by atoms with E-state index in [0.717, 1.165) is 6.07 Å². The maximum absolute atomic E-state index is 12.7. The molecule has 1 rings (SSSR count). The number of nitrogens with zero attached hydrogens (tertiary/aromatic N) is 3. The van der Waals surface area contributed by atoms with Crippen LogP contribution in [0.2, 0.25) is 0 Å². The van der Waals surface area contributed by atoms with E-state index in [2.05, 4.69) is 10.1 Å². The Hall–Kier alpha value is -1.59. The van der Waals surface area contributed by atoms with Gasteiger partial charge in [-0.2, -0.15) is 18.3 Å². The Morgan fingerprint density at radius 2 is 2.16 bits per heavy atom. The Morgan fingerprint density at radius 1 is 1.53 bits per heavy atom. The molecule has 3 nitrogen and oxygen atoms in total. The van der Waals surface area contributed by atoms with Crippen LogP contribution in [0.25, 0.3) is 0 Å². The van der Waals surface area contributed by atoms with Crippen LogP contribution in [0.3, 0.4) is 0 Å². The molecule has 0 aliphatic rings. The van der Waals surface area contributed by atoms with E-state index in [4.69, 9.17) is 0 Å². The zero-order chi connectivity index (χ0) is 14.6. The SMILES string of the molecule is C/C=C\N=C(/C)c1cc(C(F)(F)F)nn1C(C)CC. The molecule has 0 radical (unpaired) electrons. The lowest BCUT2D eigenvalue weighted by Gasteiger charge is -2.13. The Kier molecular flexibility index (Phi) is 4.91. The molecule has 0 fully saturated rings. The number of aromatic nitrogens is 2. The van der Waals surface area contributed by atoms with Crippen molar-refractivity contribution in [2.45, 2.75) is 46.3 Å². The zero-order valence-electron chi connectivity index (χ0n) is 11.5. The van der Waals surface area contributed by atoms with Gasteiger partial charge in [-0.1, -0.05) is 13.0 Å². The maximum Gasteiger partial charge on any atom is 0.435 e. The highest BCUT2D eigenvalue weighted by Gasteiger charge is 2.35. The number of halogens is 3. The highest BCUT2D eigenvalue weighted by atomic mass is 19.4. The fraction of sp³-hybridized carbons (Fsp3) is 0.538. The summed E-state index contributed by atoms with van der Waals surface area (Å²) in [5, 5.41) is 3.67. The van der Waals surface area contributed by atoms with Gasteiger partial charge >= 0.3 is 6.18 Å². The van der Waals surface area contributed by atoms with Crippen LogP contribution in [0.5, 0.6) is 0 Å². The fourth-order valence-electron chi connectivity index (χ4n) is 1.56. The summed E-state index contributed by atoms with van der Waals surface area (Å²) >= 11 is 0. The van der Waals surface area contributed by atoms with Crippen molar-refractivity contribution in [1.29, 1.82) is 0 Å². The third-order valence-electron chi connectivity index (χ3n) is 2.82. The molecule has 1 aromatic heterocycles. The van der Waals surface area contributed by atoms with Crippen molar-refractivity contribution in [1.82, 2.24) is 9.78 Å². The van der Waals surface area contributed by atoms with Crippen molar-refractivity contribution in [3.05, 3.63) is 29.7 Å². The van der Waals surface area contributed by atoms with Gasteiger partial charge in [0, 0.05) is 12.2 Å². The second kappa shape index (κ2) is 6.04. The van der Waals surface area contributed by atoms with Crippen molar-refractivity contribution >= 4 is 5.71 Å².